The van der Waals surface area contributed by atoms with Crippen molar-refractivity contribution in [3.63, 3.8) is 0 Å². The van der Waals surface area contributed by atoms with E-state index in [4.69, 9.17) is 21.1 Å². The van der Waals surface area contributed by atoms with Crippen LogP contribution in [0.3, 0.4) is 0 Å². The van der Waals surface area contributed by atoms with E-state index in [-0.39, 0.29) is 18.4 Å². The Balaban J connectivity index is 1.67. The van der Waals surface area contributed by atoms with Crippen LogP contribution in [0.5, 0.6) is 5.75 Å². The molecular weight excluding hydrogens is 391 g/mol. The van der Waals surface area contributed by atoms with Gasteiger partial charge in [-0.05, 0) is 60.4 Å². The Morgan fingerprint density at radius 2 is 1.72 bits per heavy atom. The molecule has 3 nitrogen and oxygen atoms in total. The van der Waals surface area contributed by atoms with Crippen molar-refractivity contribution in [2.75, 3.05) is 6.61 Å². The van der Waals surface area contributed by atoms with Crippen LogP contribution in [-0.2, 0) is 22.6 Å². The predicted molar refractivity (Wildman–Crippen MR) is 113 cm³/mol. The highest BCUT2D eigenvalue weighted by molar-refractivity contribution is 6.30. The summed E-state index contributed by atoms with van der Waals surface area (Å²) in [4.78, 5) is 11.5. The number of hydrogen-bond acceptors (Lipinski definition) is 3. The lowest BCUT2D eigenvalue weighted by molar-refractivity contribution is -0.143. The molecule has 5 heteroatoms. The number of esters is 1. The predicted octanol–water partition coefficient (Wildman–Crippen LogP) is 6.22. The first-order chi connectivity index (χ1) is 14.1. The lowest BCUT2D eigenvalue weighted by atomic mass is 10.00. The minimum Gasteiger partial charge on any atom is -0.489 e. The zero-order chi connectivity index (χ0) is 20.6. The zero-order valence-corrected chi connectivity index (χ0v) is 16.9. The second-order valence-corrected chi connectivity index (χ2v) is 6.95. The largest absolute Gasteiger partial charge is 0.489 e. The van der Waals surface area contributed by atoms with E-state index in [1.54, 1.807) is 25.1 Å². The van der Waals surface area contributed by atoms with Crippen molar-refractivity contribution in [3.8, 4) is 16.9 Å². The maximum atomic E-state index is 14.5. The number of ether oxygens (including phenoxy) is 2. The van der Waals surface area contributed by atoms with Gasteiger partial charge < -0.3 is 9.47 Å². The molecule has 0 saturated heterocycles. The number of halogens is 2. The van der Waals surface area contributed by atoms with E-state index in [9.17, 15) is 9.18 Å². The highest BCUT2D eigenvalue weighted by Gasteiger charge is 2.11. The molecule has 0 amide bonds. The number of hydrogen-bond donors (Lipinski definition) is 0. The molecule has 0 N–H and O–H groups in total. The fourth-order valence-corrected chi connectivity index (χ4v) is 3.12. The number of carbonyl (C=O) groups excluding carboxylic acids is 1. The van der Waals surface area contributed by atoms with Gasteiger partial charge in [0.05, 0.1) is 6.61 Å². The molecule has 0 aliphatic rings. The van der Waals surface area contributed by atoms with Crippen molar-refractivity contribution in [2.24, 2.45) is 0 Å². The molecule has 3 aromatic rings. The third-order valence-corrected chi connectivity index (χ3v) is 4.76. The maximum absolute atomic E-state index is 14.5. The van der Waals surface area contributed by atoms with E-state index in [0.717, 1.165) is 16.7 Å². The Bertz CT molecular complexity index is 953. The monoisotopic (exact) mass is 412 g/mol. The van der Waals surface area contributed by atoms with Crippen LogP contribution in [0.1, 0.15) is 24.5 Å². The van der Waals surface area contributed by atoms with Crippen LogP contribution in [0, 0.1) is 5.82 Å². The fraction of sp³-hybridized carbons (Fsp3) is 0.208. The number of carbonyl (C=O) groups is 1. The van der Waals surface area contributed by atoms with Crippen molar-refractivity contribution < 1.29 is 18.7 Å². The van der Waals surface area contributed by atoms with Crippen LogP contribution in [0.15, 0.2) is 66.7 Å². The second-order valence-electron chi connectivity index (χ2n) is 6.51. The molecule has 150 valence electrons. The van der Waals surface area contributed by atoms with Gasteiger partial charge in [0.15, 0.2) is 0 Å². The first kappa shape index (κ1) is 20.9. The molecular formula is C24H22ClFO3. The van der Waals surface area contributed by atoms with Gasteiger partial charge in [-0.1, -0.05) is 48.0 Å². The molecule has 0 atom stereocenters. The van der Waals surface area contributed by atoms with E-state index >= 15 is 0 Å². The first-order valence-corrected chi connectivity index (χ1v) is 9.85. The summed E-state index contributed by atoms with van der Waals surface area (Å²) in [5.74, 6) is 0.112. The van der Waals surface area contributed by atoms with E-state index in [1.165, 1.54) is 6.07 Å². The zero-order valence-electron chi connectivity index (χ0n) is 16.2. The second kappa shape index (κ2) is 10.1. The van der Waals surface area contributed by atoms with Crippen LogP contribution >= 0.6 is 11.6 Å². The normalized spacial score (nSPS) is 10.6. The van der Waals surface area contributed by atoms with Crippen molar-refractivity contribution in [1.82, 2.24) is 0 Å². The molecule has 0 aliphatic carbocycles. The van der Waals surface area contributed by atoms with Gasteiger partial charge in [0.1, 0.15) is 18.2 Å². The average molecular weight is 413 g/mol. The molecule has 0 saturated carbocycles. The molecule has 0 unspecified atom stereocenters. The Kier molecular flexibility index (Phi) is 7.25. The number of benzene rings is 3. The molecule has 3 aromatic carbocycles. The highest BCUT2D eigenvalue weighted by Crippen LogP contribution is 2.28. The topological polar surface area (TPSA) is 35.5 Å². The fourth-order valence-electron chi connectivity index (χ4n) is 2.99. The van der Waals surface area contributed by atoms with Gasteiger partial charge in [-0.15, -0.1) is 0 Å². The number of rotatable bonds is 8. The summed E-state index contributed by atoms with van der Waals surface area (Å²) in [5, 5.41) is 0.631. The lowest BCUT2D eigenvalue weighted by Gasteiger charge is -2.13. The standard InChI is InChI=1S/C24H22ClFO3/c1-2-28-24(27)15-8-17-6-13-20(14-7-17)29-16-22-21(4-3-5-23(22)26)18-9-11-19(25)12-10-18/h3-7,9-14H,2,8,15-16H2,1H3. The number of aryl methyl sites for hydroxylation is 1. The Hall–Kier alpha value is -2.85. The van der Waals surface area contributed by atoms with Gasteiger partial charge in [-0.25, -0.2) is 4.39 Å². The van der Waals surface area contributed by atoms with Gasteiger partial charge in [-0.2, -0.15) is 0 Å². The third-order valence-electron chi connectivity index (χ3n) is 4.50. The molecule has 0 aliphatic heterocycles. The molecule has 0 fully saturated rings. The molecule has 0 aromatic heterocycles. The van der Waals surface area contributed by atoms with Gasteiger partial charge in [0.25, 0.3) is 0 Å². The minimum absolute atomic E-state index is 0.104. The molecule has 0 spiro atoms. The minimum atomic E-state index is -0.316. The summed E-state index contributed by atoms with van der Waals surface area (Å²) in [5.41, 5.74) is 3.15. The first-order valence-electron chi connectivity index (χ1n) is 9.47. The molecule has 3 rings (SSSR count). The molecule has 0 radical (unpaired) electrons. The summed E-state index contributed by atoms with van der Waals surface area (Å²) < 4.78 is 25.2. The maximum Gasteiger partial charge on any atom is 0.306 e. The van der Waals surface area contributed by atoms with Gasteiger partial charge in [-0.3, -0.25) is 4.79 Å². The van der Waals surface area contributed by atoms with Crippen LogP contribution in [0.4, 0.5) is 4.39 Å². The summed E-state index contributed by atoms with van der Waals surface area (Å²) in [6, 6.07) is 19.7. The van der Waals surface area contributed by atoms with Crippen LogP contribution < -0.4 is 4.74 Å². The smallest absolute Gasteiger partial charge is 0.306 e. The third kappa shape index (κ3) is 5.81. The molecule has 0 bridgehead atoms. The van der Waals surface area contributed by atoms with Crippen LogP contribution in [0.25, 0.3) is 11.1 Å². The summed E-state index contributed by atoms with van der Waals surface area (Å²) >= 11 is 5.96. The van der Waals surface area contributed by atoms with E-state index in [0.29, 0.717) is 35.8 Å². The summed E-state index contributed by atoms with van der Waals surface area (Å²) in [7, 11) is 0. The van der Waals surface area contributed by atoms with E-state index in [1.807, 2.05) is 42.5 Å². The average Bonchev–Trinajstić information content (AvgIpc) is 2.73. The summed E-state index contributed by atoms with van der Waals surface area (Å²) in [6.45, 7) is 2.28. The Morgan fingerprint density at radius 3 is 2.41 bits per heavy atom. The lowest BCUT2D eigenvalue weighted by Crippen LogP contribution is -2.05. The SMILES string of the molecule is CCOC(=O)CCc1ccc(OCc2c(F)cccc2-c2ccc(Cl)cc2)cc1. The van der Waals surface area contributed by atoms with Crippen LogP contribution in [0.2, 0.25) is 5.02 Å². The molecule has 0 heterocycles. The van der Waals surface area contributed by atoms with Gasteiger partial charge >= 0.3 is 5.97 Å². The van der Waals surface area contributed by atoms with E-state index in [2.05, 4.69) is 0 Å². The Morgan fingerprint density at radius 1 is 1.00 bits per heavy atom. The van der Waals surface area contributed by atoms with E-state index < -0.39 is 0 Å². The van der Waals surface area contributed by atoms with Gasteiger partial charge in [0.2, 0.25) is 0 Å². The van der Waals surface area contributed by atoms with Crippen molar-refractivity contribution in [3.05, 3.63) is 88.7 Å². The van der Waals surface area contributed by atoms with Crippen molar-refractivity contribution >= 4 is 17.6 Å². The highest BCUT2D eigenvalue weighted by atomic mass is 35.5. The van der Waals surface area contributed by atoms with Crippen molar-refractivity contribution in [2.45, 2.75) is 26.4 Å². The Labute approximate surface area is 175 Å². The summed E-state index contributed by atoms with van der Waals surface area (Å²) in [6.07, 6.45) is 0.945. The van der Waals surface area contributed by atoms with Gasteiger partial charge in [0, 0.05) is 17.0 Å². The quantitative estimate of drug-likeness (QED) is 0.412. The van der Waals surface area contributed by atoms with Crippen molar-refractivity contribution in [1.29, 1.82) is 0 Å². The van der Waals surface area contributed by atoms with Crippen LogP contribution in [-0.4, -0.2) is 12.6 Å². The molecule has 29 heavy (non-hydrogen) atoms.